The van der Waals surface area contributed by atoms with Gasteiger partial charge in [-0.25, -0.2) is 0 Å². The Morgan fingerprint density at radius 3 is 2.20 bits per heavy atom. The maximum Gasteiger partial charge on any atom is 0.306 e. The molecule has 3 heteroatoms. The summed E-state index contributed by atoms with van der Waals surface area (Å²) in [6.45, 7) is 6.38. The highest BCUT2D eigenvalue weighted by atomic mass is 16.4. The molecule has 25 heavy (non-hydrogen) atoms. The first-order chi connectivity index (χ1) is 12.0. The highest BCUT2D eigenvalue weighted by Crippen LogP contribution is 2.19. The predicted octanol–water partition coefficient (Wildman–Crippen LogP) is 6.35. The van der Waals surface area contributed by atoms with Gasteiger partial charge in [0.05, 0.1) is 12.0 Å². The molecule has 0 aliphatic heterocycles. The van der Waals surface area contributed by atoms with Gasteiger partial charge in [-0.1, -0.05) is 77.9 Å². The first-order valence-corrected chi connectivity index (χ1v) is 10.5. The third-order valence-corrected chi connectivity index (χ3v) is 4.74. The number of unbranched alkanes of at least 4 members (excludes halogenated alkanes) is 7. The summed E-state index contributed by atoms with van der Waals surface area (Å²) in [7, 11) is 0. The minimum absolute atomic E-state index is 0.168. The van der Waals surface area contributed by atoms with Crippen LogP contribution in [0.3, 0.4) is 0 Å². The second-order valence-corrected chi connectivity index (χ2v) is 7.87. The van der Waals surface area contributed by atoms with E-state index in [0.717, 1.165) is 64.2 Å². The van der Waals surface area contributed by atoms with Gasteiger partial charge in [-0.15, -0.1) is 0 Å². The van der Waals surface area contributed by atoms with Gasteiger partial charge in [-0.05, 0) is 44.4 Å². The number of hydrogen-bond donors (Lipinski definition) is 2. The largest absolute Gasteiger partial charge is 0.481 e. The van der Waals surface area contributed by atoms with Crippen molar-refractivity contribution in [3.63, 3.8) is 0 Å². The van der Waals surface area contributed by atoms with Gasteiger partial charge in [0.2, 0.25) is 0 Å². The van der Waals surface area contributed by atoms with Gasteiger partial charge in [0, 0.05) is 0 Å². The molecule has 0 aliphatic carbocycles. The number of allylic oxidation sites excluding steroid dienone is 1. The zero-order chi connectivity index (χ0) is 18.9. The molecule has 0 saturated heterocycles. The quantitative estimate of drug-likeness (QED) is 0.236. The number of aliphatic hydroxyl groups is 1. The van der Waals surface area contributed by atoms with Crippen molar-refractivity contribution < 1.29 is 15.0 Å². The van der Waals surface area contributed by atoms with E-state index in [4.69, 9.17) is 0 Å². The van der Waals surface area contributed by atoms with Crippen molar-refractivity contribution in [2.45, 2.75) is 110 Å². The normalized spacial score (nSPS) is 14.3. The zero-order valence-corrected chi connectivity index (χ0v) is 16.9. The van der Waals surface area contributed by atoms with Crippen LogP contribution in [0, 0.1) is 11.8 Å². The Morgan fingerprint density at radius 1 is 0.920 bits per heavy atom. The molecule has 0 saturated carbocycles. The van der Waals surface area contributed by atoms with E-state index < -0.39 is 5.97 Å². The Bertz CT molecular complexity index is 336. The summed E-state index contributed by atoms with van der Waals surface area (Å²) < 4.78 is 0. The Hall–Kier alpha value is -0.830. The van der Waals surface area contributed by atoms with Gasteiger partial charge in [0.1, 0.15) is 0 Å². The SMILES string of the molecule is CCCCCC[C@@H](O)C/C=C\CCCCCCC(CC(C)C)C(=O)O. The first-order valence-electron chi connectivity index (χ1n) is 10.5. The highest BCUT2D eigenvalue weighted by Gasteiger charge is 2.17. The van der Waals surface area contributed by atoms with Crippen LogP contribution in [0.15, 0.2) is 12.2 Å². The molecule has 0 bridgehead atoms. The topological polar surface area (TPSA) is 57.5 Å². The molecular formula is C22H42O3. The van der Waals surface area contributed by atoms with Crippen molar-refractivity contribution in [3.05, 3.63) is 12.2 Å². The Kier molecular flexibility index (Phi) is 16.1. The summed E-state index contributed by atoms with van der Waals surface area (Å²) in [5.74, 6) is -0.350. The summed E-state index contributed by atoms with van der Waals surface area (Å²) in [6.07, 6.45) is 17.8. The molecule has 0 rings (SSSR count). The molecule has 0 aromatic carbocycles. The summed E-state index contributed by atoms with van der Waals surface area (Å²) in [5, 5.41) is 19.1. The van der Waals surface area contributed by atoms with Gasteiger partial charge in [-0.3, -0.25) is 4.79 Å². The lowest BCUT2D eigenvalue weighted by atomic mass is 9.92. The van der Waals surface area contributed by atoms with Crippen LogP contribution in [-0.2, 0) is 4.79 Å². The molecule has 2 N–H and O–H groups in total. The van der Waals surface area contributed by atoms with Crippen molar-refractivity contribution in [1.82, 2.24) is 0 Å². The molecule has 148 valence electrons. The Labute approximate surface area is 155 Å². The smallest absolute Gasteiger partial charge is 0.306 e. The molecule has 2 atom stereocenters. The second-order valence-electron chi connectivity index (χ2n) is 7.87. The van der Waals surface area contributed by atoms with Crippen LogP contribution in [0.4, 0.5) is 0 Å². The summed E-state index contributed by atoms with van der Waals surface area (Å²) in [5.41, 5.74) is 0. The number of carboxylic acids is 1. The number of rotatable bonds is 17. The average Bonchev–Trinajstić information content (AvgIpc) is 2.55. The zero-order valence-electron chi connectivity index (χ0n) is 16.9. The lowest BCUT2D eigenvalue weighted by Gasteiger charge is -2.14. The third-order valence-electron chi connectivity index (χ3n) is 4.74. The number of carbonyl (C=O) groups is 1. The highest BCUT2D eigenvalue weighted by molar-refractivity contribution is 5.69. The van der Waals surface area contributed by atoms with Crippen molar-refractivity contribution in [2.24, 2.45) is 11.8 Å². The van der Waals surface area contributed by atoms with E-state index in [9.17, 15) is 15.0 Å². The molecular weight excluding hydrogens is 312 g/mol. The summed E-state index contributed by atoms with van der Waals surface area (Å²) in [4.78, 5) is 11.2. The molecule has 0 aliphatic rings. The molecule has 0 aromatic rings. The Morgan fingerprint density at radius 2 is 1.56 bits per heavy atom. The van der Waals surface area contributed by atoms with E-state index in [-0.39, 0.29) is 12.0 Å². The molecule has 0 amide bonds. The van der Waals surface area contributed by atoms with Crippen molar-refractivity contribution in [2.75, 3.05) is 0 Å². The number of hydrogen-bond acceptors (Lipinski definition) is 2. The fraction of sp³-hybridized carbons (Fsp3) is 0.864. The van der Waals surface area contributed by atoms with E-state index >= 15 is 0 Å². The van der Waals surface area contributed by atoms with Crippen LogP contribution in [0.2, 0.25) is 0 Å². The van der Waals surface area contributed by atoms with Gasteiger partial charge in [-0.2, -0.15) is 0 Å². The van der Waals surface area contributed by atoms with Crippen LogP contribution in [0.1, 0.15) is 104 Å². The maximum atomic E-state index is 11.2. The lowest BCUT2D eigenvalue weighted by Crippen LogP contribution is -2.15. The van der Waals surface area contributed by atoms with Crippen molar-refractivity contribution in [3.8, 4) is 0 Å². The number of carboxylic acid groups (broad SMARTS) is 1. The molecule has 0 spiro atoms. The van der Waals surface area contributed by atoms with E-state index in [2.05, 4.69) is 32.9 Å². The van der Waals surface area contributed by atoms with E-state index in [1.807, 2.05) is 0 Å². The maximum absolute atomic E-state index is 11.2. The van der Waals surface area contributed by atoms with E-state index in [0.29, 0.717) is 5.92 Å². The average molecular weight is 355 g/mol. The minimum Gasteiger partial charge on any atom is -0.481 e. The monoisotopic (exact) mass is 354 g/mol. The van der Waals surface area contributed by atoms with Crippen molar-refractivity contribution in [1.29, 1.82) is 0 Å². The molecule has 1 unspecified atom stereocenters. The van der Waals surface area contributed by atoms with Crippen LogP contribution < -0.4 is 0 Å². The predicted molar refractivity (Wildman–Crippen MR) is 107 cm³/mol. The molecule has 3 nitrogen and oxygen atoms in total. The summed E-state index contributed by atoms with van der Waals surface area (Å²) >= 11 is 0. The molecule has 0 radical (unpaired) electrons. The first kappa shape index (κ1) is 24.2. The fourth-order valence-electron chi connectivity index (χ4n) is 3.21. The lowest BCUT2D eigenvalue weighted by molar-refractivity contribution is -0.142. The molecule has 0 heterocycles. The minimum atomic E-state index is -0.634. The number of aliphatic hydroxyl groups excluding tert-OH is 1. The van der Waals surface area contributed by atoms with Gasteiger partial charge in [0.25, 0.3) is 0 Å². The molecule has 0 aromatic heterocycles. The van der Waals surface area contributed by atoms with Gasteiger partial charge in [0.15, 0.2) is 0 Å². The molecule has 0 fully saturated rings. The van der Waals surface area contributed by atoms with Gasteiger partial charge >= 0.3 is 5.97 Å². The van der Waals surface area contributed by atoms with E-state index in [1.165, 1.54) is 19.3 Å². The van der Waals surface area contributed by atoms with E-state index in [1.54, 1.807) is 0 Å². The fourth-order valence-corrected chi connectivity index (χ4v) is 3.21. The van der Waals surface area contributed by atoms with Crippen molar-refractivity contribution >= 4 is 5.97 Å². The van der Waals surface area contributed by atoms with Gasteiger partial charge < -0.3 is 10.2 Å². The van der Waals surface area contributed by atoms with Crippen LogP contribution in [-0.4, -0.2) is 22.3 Å². The van der Waals surface area contributed by atoms with Crippen LogP contribution in [0.25, 0.3) is 0 Å². The Balaban J connectivity index is 3.54. The number of aliphatic carboxylic acids is 1. The standard InChI is InChI=1S/C22H42O3/c1-4-5-6-13-16-21(23)17-14-11-9-7-8-10-12-15-20(22(24)25)18-19(2)3/h11,14,19-21,23H,4-10,12-13,15-18H2,1-3H3,(H,24,25)/b14-11-/t20?,21-/m1/s1. The second kappa shape index (κ2) is 16.6. The van der Waals surface area contributed by atoms with Crippen LogP contribution >= 0.6 is 0 Å². The summed E-state index contributed by atoms with van der Waals surface area (Å²) in [6, 6.07) is 0. The van der Waals surface area contributed by atoms with Crippen LogP contribution in [0.5, 0.6) is 0 Å². The third kappa shape index (κ3) is 16.4.